The third kappa shape index (κ3) is 11.8. The minimum Gasteiger partial charge on any atom is -0.464 e. The Hall–Kier alpha value is -4.24. The maximum atomic E-state index is 11.6. The fourth-order valence-electron chi connectivity index (χ4n) is 3.94. The quantitative estimate of drug-likeness (QED) is 0.269. The molecule has 2 aromatic carbocycles. The van der Waals surface area contributed by atoms with Crippen LogP contribution in [0.25, 0.3) is 0 Å². The van der Waals surface area contributed by atoms with Gasteiger partial charge in [-0.15, -0.1) is 0 Å². The molecule has 0 aliphatic rings. The van der Waals surface area contributed by atoms with E-state index in [-0.39, 0.29) is 12.6 Å². The average molecular weight is 563 g/mol. The van der Waals surface area contributed by atoms with Crippen LogP contribution in [0.15, 0.2) is 73.6 Å². The van der Waals surface area contributed by atoms with E-state index in [0.29, 0.717) is 23.2 Å². The van der Waals surface area contributed by atoms with Gasteiger partial charge in [-0.05, 0) is 49.7 Å². The van der Waals surface area contributed by atoms with Crippen LogP contribution in [-0.4, -0.2) is 57.4 Å². The van der Waals surface area contributed by atoms with E-state index in [1.165, 1.54) is 49.0 Å². The predicted molar refractivity (Wildman–Crippen MR) is 159 cm³/mol. The van der Waals surface area contributed by atoms with E-state index < -0.39 is 5.97 Å². The highest BCUT2D eigenvalue weighted by Crippen LogP contribution is 2.13. The Bertz CT molecular complexity index is 1300. The van der Waals surface area contributed by atoms with Crippen molar-refractivity contribution >= 4 is 11.9 Å². The number of aryl methyl sites for hydroxylation is 2. The number of H-pyrrole nitrogens is 1. The van der Waals surface area contributed by atoms with E-state index in [9.17, 15) is 9.59 Å². The summed E-state index contributed by atoms with van der Waals surface area (Å²) in [5.41, 5.74) is 6.05. The minimum absolute atomic E-state index is 0.272. The van der Waals surface area contributed by atoms with Crippen LogP contribution in [0.5, 0.6) is 0 Å². The standard InChI is InChI=1S/C16H20N2O2.C11H16O.C5H6N2O2/c1-12-4-6-14(7-5-12)8-13(2)10-18-11-17-9-15(18)16(19)20-3;1-9-3-5-11(6-4-9)7-10(2)8-12;1-9-5(8)4-2-6-3-7-4/h4-7,9,11,13H,8,10H2,1-3H3;3-6,10,12H,7-8H2,1-2H3;2-3H,1H3,(H,6,7)/t13-;10-;/m00./s1. The van der Waals surface area contributed by atoms with Crippen molar-refractivity contribution in [2.45, 2.75) is 47.1 Å². The van der Waals surface area contributed by atoms with Gasteiger partial charge in [-0.1, -0.05) is 73.5 Å². The second kappa shape index (κ2) is 17.5. The zero-order valence-electron chi connectivity index (χ0n) is 24.8. The highest BCUT2D eigenvalue weighted by molar-refractivity contribution is 5.87. The summed E-state index contributed by atoms with van der Waals surface area (Å²) >= 11 is 0. The molecule has 41 heavy (non-hydrogen) atoms. The van der Waals surface area contributed by atoms with Gasteiger partial charge in [0.15, 0.2) is 0 Å². The average Bonchev–Trinajstić information content (AvgIpc) is 3.68. The number of hydrogen-bond acceptors (Lipinski definition) is 7. The van der Waals surface area contributed by atoms with Gasteiger partial charge in [0.1, 0.15) is 11.4 Å². The third-order valence-corrected chi connectivity index (χ3v) is 6.24. The Kier molecular flexibility index (Phi) is 14.0. The maximum absolute atomic E-state index is 11.6. The fraction of sp³-hybridized carbons (Fsp3) is 0.375. The number of rotatable bonds is 9. The van der Waals surface area contributed by atoms with E-state index in [1.54, 1.807) is 12.5 Å². The molecule has 0 unspecified atom stereocenters. The molecular weight excluding hydrogens is 520 g/mol. The van der Waals surface area contributed by atoms with Crippen molar-refractivity contribution in [1.82, 2.24) is 19.5 Å². The second-order valence-electron chi connectivity index (χ2n) is 10.2. The minimum atomic E-state index is -0.396. The SMILES string of the molecule is COC(=O)c1cnc[nH]1.COC(=O)c1cncn1C[C@@H](C)Cc1ccc(C)cc1.Cc1ccc(C[C@H](C)CO)cc1. The molecule has 2 atom stereocenters. The summed E-state index contributed by atoms with van der Waals surface area (Å²) in [6.07, 6.45) is 8.00. The number of esters is 2. The van der Waals surface area contributed by atoms with Gasteiger partial charge < -0.3 is 24.1 Å². The lowest BCUT2D eigenvalue weighted by Gasteiger charge is -2.14. The number of carbonyl (C=O) groups is 2. The molecule has 2 heterocycles. The number of hydrogen-bond donors (Lipinski definition) is 2. The summed E-state index contributed by atoms with van der Waals surface area (Å²) in [5.74, 6) is 0.0422. The molecule has 4 rings (SSSR count). The number of benzene rings is 2. The summed E-state index contributed by atoms with van der Waals surface area (Å²) in [4.78, 5) is 32.4. The molecule has 220 valence electrons. The molecule has 0 radical (unpaired) electrons. The molecule has 0 fully saturated rings. The second-order valence-corrected chi connectivity index (χ2v) is 10.2. The first-order valence-electron chi connectivity index (χ1n) is 13.5. The molecule has 0 saturated carbocycles. The lowest BCUT2D eigenvalue weighted by atomic mass is 10.00. The summed E-state index contributed by atoms with van der Waals surface area (Å²) in [6.45, 7) is 9.41. The number of nitrogens with one attached hydrogen (secondary N) is 1. The van der Waals surface area contributed by atoms with Crippen LogP contribution in [0.3, 0.4) is 0 Å². The van der Waals surface area contributed by atoms with Gasteiger partial charge in [-0.25, -0.2) is 19.6 Å². The Labute approximate surface area is 242 Å². The van der Waals surface area contributed by atoms with Crippen LogP contribution in [0.4, 0.5) is 0 Å². The van der Waals surface area contributed by atoms with Crippen molar-refractivity contribution in [3.63, 3.8) is 0 Å². The highest BCUT2D eigenvalue weighted by atomic mass is 16.5. The zero-order valence-corrected chi connectivity index (χ0v) is 24.8. The molecule has 2 N–H and O–H groups in total. The van der Waals surface area contributed by atoms with Gasteiger partial charge in [0.05, 0.1) is 39.3 Å². The monoisotopic (exact) mass is 562 g/mol. The van der Waals surface area contributed by atoms with Crippen LogP contribution in [0.1, 0.15) is 57.1 Å². The summed E-state index contributed by atoms with van der Waals surface area (Å²) < 4.78 is 11.0. The highest BCUT2D eigenvalue weighted by Gasteiger charge is 2.14. The fourth-order valence-corrected chi connectivity index (χ4v) is 3.94. The number of aromatic amines is 1. The molecule has 0 amide bonds. The molecule has 4 aromatic rings. The smallest absolute Gasteiger partial charge is 0.356 e. The number of methoxy groups -OCH3 is 2. The molecule has 9 heteroatoms. The largest absolute Gasteiger partial charge is 0.464 e. The van der Waals surface area contributed by atoms with Crippen LogP contribution in [-0.2, 0) is 28.9 Å². The Morgan fingerprint density at radius 2 is 1.37 bits per heavy atom. The normalized spacial score (nSPS) is 11.7. The maximum Gasteiger partial charge on any atom is 0.356 e. The lowest BCUT2D eigenvalue weighted by Crippen LogP contribution is -2.15. The number of aliphatic hydroxyl groups excluding tert-OH is 1. The number of nitrogens with zero attached hydrogens (tertiary/aromatic N) is 3. The molecule has 2 aromatic heterocycles. The first-order valence-corrected chi connectivity index (χ1v) is 13.5. The van der Waals surface area contributed by atoms with Crippen LogP contribution < -0.4 is 0 Å². The van der Waals surface area contributed by atoms with Gasteiger partial charge in [0.25, 0.3) is 0 Å². The summed E-state index contributed by atoms with van der Waals surface area (Å²) in [5, 5.41) is 8.85. The van der Waals surface area contributed by atoms with Crippen LogP contribution in [0.2, 0.25) is 0 Å². The molecule has 0 saturated heterocycles. The zero-order chi connectivity index (χ0) is 30.2. The van der Waals surface area contributed by atoms with Crippen molar-refractivity contribution in [2.75, 3.05) is 20.8 Å². The third-order valence-electron chi connectivity index (χ3n) is 6.24. The molecule has 0 aliphatic heterocycles. The number of aromatic nitrogens is 4. The Morgan fingerprint density at radius 1 is 0.829 bits per heavy atom. The topological polar surface area (TPSA) is 119 Å². The van der Waals surface area contributed by atoms with E-state index in [1.807, 2.05) is 4.57 Å². The van der Waals surface area contributed by atoms with E-state index in [4.69, 9.17) is 9.84 Å². The van der Waals surface area contributed by atoms with Crippen molar-refractivity contribution in [3.8, 4) is 0 Å². The molecule has 0 aliphatic carbocycles. The molecular formula is C32H42N4O5. The molecule has 0 bridgehead atoms. The van der Waals surface area contributed by atoms with Gasteiger partial charge in [-0.3, -0.25) is 0 Å². The van der Waals surface area contributed by atoms with Gasteiger partial charge >= 0.3 is 11.9 Å². The molecule has 0 spiro atoms. The lowest BCUT2D eigenvalue weighted by molar-refractivity contribution is 0.0581. The molecule has 9 nitrogen and oxygen atoms in total. The first-order chi connectivity index (χ1) is 19.7. The number of ether oxygens (including phenoxy) is 2. The van der Waals surface area contributed by atoms with Crippen LogP contribution in [0, 0.1) is 25.7 Å². The first kappa shape index (κ1) is 33.0. The number of carbonyl (C=O) groups excluding carboxylic acids is 2. The van der Waals surface area contributed by atoms with Crippen molar-refractivity contribution in [2.24, 2.45) is 11.8 Å². The van der Waals surface area contributed by atoms with Crippen LogP contribution >= 0.6 is 0 Å². The number of imidazole rings is 2. The van der Waals surface area contributed by atoms with E-state index >= 15 is 0 Å². The van der Waals surface area contributed by atoms with Crippen molar-refractivity contribution in [1.29, 1.82) is 0 Å². The Morgan fingerprint density at radius 3 is 1.83 bits per heavy atom. The summed E-state index contributed by atoms with van der Waals surface area (Å²) in [6, 6.07) is 17.0. The Balaban J connectivity index is 0.000000237. The van der Waals surface area contributed by atoms with E-state index in [2.05, 4.69) is 95.9 Å². The van der Waals surface area contributed by atoms with Gasteiger partial charge in [0, 0.05) is 13.2 Å². The van der Waals surface area contributed by atoms with Gasteiger partial charge in [0.2, 0.25) is 0 Å². The van der Waals surface area contributed by atoms with E-state index in [0.717, 1.165) is 19.4 Å². The summed E-state index contributed by atoms with van der Waals surface area (Å²) in [7, 11) is 2.71. The van der Waals surface area contributed by atoms with Crippen molar-refractivity contribution < 1.29 is 24.2 Å². The van der Waals surface area contributed by atoms with Crippen molar-refractivity contribution in [3.05, 3.63) is 107 Å². The predicted octanol–water partition coefficient (Wildman–Crippen LogP) is 5.22. The number of aliphatic hydroxyl groups is 1. The van der Waals surface area contributed by atoms with Gasteiger partial charge in [-0.2, -0.15) is 0 Å².